The summed E-state index contributed by atoms with van der Waals surface area (Å²) in [6, 6.07) is 5.52. The Kier molecular flexibility index (Phi) is 8.39. The second-order valence-corrected chi connectivity index (χ2v) is 7.14. The zero-order chi connectivity index (χ0) is 17.7. The smallest absolute Gasteiger partial charge is 0.253 e. The summed E-state index contributed by atoms with van der Waals surface area (Å²) in [5, 5.41) is 6.11. The molecule has 0 spiro atoms. The minimum absolute atomic E-state index is 0. The van der Waals surface area contributed by atoms with Crippen LogP contribution in [0.4, 0.5) is 5.69 Å². The second-order valence-electron chi connectivity index (χ2n) is 7.14. The van der Waals surface area contributed by atoms with E-state index in [2.05, 4.69) is 10.6 Å². The van der Waals surface area contributed by atoms with Crippen molar-refractivity contribution in [2.75, 3.05) is 32.0 Å². The minimum atomic E-state index is 0. The van der Waals surface area contributed by atoms with Crippen LogP contribution in [-0.2, 0) is 4.79 Å². The molecule has 5 nitrogen and oxygen atoms in total. The van der Waals surface area contributed by atoms with E-state index in [1.807, 2.05) is 50.9 Å². The topological polar surface area (TPSA) is 61.4 Å². The maximum absolute atomic E-state index is 12.6. The molecule has 1 saturated heterocycles. The molecule has 1 aromatic rings. The Morgan fingerprint density at radius 1 is 1.32 bits per heavy atom. The van der Waals surface area contributed by atoms with Gasteiger partial charge in [0, 0.05) is 30.8 Å². The van der Waals surface area contributed by atoms with Crippen LogP contribution in [0, 0.1) is 18.8 Å². The number of rotatable bonds is 6. The van der Waals surface area contributed by atoms with E-state index in [0.717, 1.165) is 37.3 Å². The van der Waals surface area contributed by atoms with Gasteiger partial charge < -0.3 is 15.5 Å². The normalized spacial score (nSPS) is 16.7. The van der Waals surface area contributed by atoms with Crippen molar-refractivity contribution in [1.29, 1.82) is 0 Å². The van der Waals surface area contributed by atoms with E-state index in [0.29, 0.717) is 23.8 Å². The number of nitrogens with one attached hydrogen (secondary N) is 2. The molecule has 0 aliphatic carbocycles. The molecule has 2 N–H and O–H groups in total. The molecule has 6 heteroatoms. The molecule has 0 bridgehead atoms. The first kappa shape index (κ1) is 21.5. The molecule has 1 atom stereocenters. The van der Waals surface area contributed by atoms with Crippen molar-refractivity contribution >= 4 is 29.9 Å². The standard InChI is InChI=1S/C19H29N3O2.ClH/c1-13(2)9-18(23)21-17-6-5-16(10-14(17)3)19(24)22-8-7-15(12-22)11-20-4;/h5-6,10,13,15,20H,7-9,11-12H2,1-4H3,(H,21,23);1H. The van der Waals surface area contributed by atoms with E-state index in [9.17, 15) is 9.59 Å². The molecule has 1 unspecified atom stereocenters. The fraction of sp³-hybridized carbons (Fsp3) is 0.579. The molecule has 1 aromatic carbocycles. The first-order valence-electron chi connectivity index (χ1n) is 8.75. The Bertz CT molecular complexity index is 604. The van der Waals surface area contributed by atoms with Gasteiger partial charge in [-0.1, -0.05) is 13.8 Å². The number of likely N-dealkylation sites (tertiary alicyclic amines) is 1. The van der Waals surface area contributed by atoms with E-state index >= 15 is 0 Å². The number of nitrogens with zero attached hydrogens (tertiary/aromatic N) is 1. The van der Waals surface area contributed by atoms with E-state index in [-0.39, 0.29) is 24.2 Å². The van der Waals surface area contributed by atoms with Crippen molar-refractivity contribution < 1.29 is 9.59 Å². The number of aryl methyl sites for hydroxylation is 1. The molecule has 0 radical (unpaired) electrons. The molecule has 1 heterocycles. The number of amides is 2. The quantitative estimate of drug-likeness (QED) is 0.812. The van der Waals surface area contributed by atoms with Gasteiger partial charge in [-0.15, -0.1) is 12.4 Å². The Morgan fingerprint density at radius 3 is 2.64 bits per heavy atom. The largest absolute Gasteiger partial charge is 0.338 e. The number of benzene rings is 1. The zero-order valence-electron chi connectivity index (χ0n) is 15.6. The molecule has 0 saturated carbocycles. The van der Waals surface area contributed by atoms with Crippen molar-refractivity contribution in [1.82, 2.24) is 10.2 Å². The zero-order valence-corrected chi connectivity index (χ0v) is 16.4. The Morgan fingerprint density at radius 2 is 2.04 bits per heavy atom. The van der Waals surface area contributed by atoms with Crippen LogP contribution in [0.2, 0.25) is 0 Å². The lowest BCUT2D eigenvalue weighted by Gasteiger charge is -2.18. The highest BCUT2D eigenvalue weighted by Crippen LogP contribution is 2.22. The lowest BCUT2D eigenvalue weighted by Crippen LogP contribution is -2.30. The van der Waals surface area contributed by atoms with Crippen LogP contribution in [0.25, 0.3) is 0 Å². The Balaban J connectivity index is 0.00000312. The minimum Gasteiger partial charge on any atom is -0.338 e. The molecular weight excluding hydrogens is 338 g/mol. The van der Waals surface area contributed by atoms with Crippen molar-refractivity contribution in [3.05, 3.63) is 29.3 Å². The summed E-state index contributed by atoms with van der Waals surface area (Å²) in [5.74, 6) is 0.958. The fourth-order valence-electron chi connectivity index (χ4n) is 3.16. The number of hydrogen-bond donors (Lipinski definition) is 2. The third kappa shape index (κ3) is 6.01. The molecule has 25 heavy (non-hydrogen) atoms. The number of halogens is 1. The predicted molar refractivity (Wildman–Crippen MR) is 104 cm³/mol. The molecule has 2 amide bonds. The van der Waals surface area contributed by atoms with Crippen molar-refractivity contribution in [3.63, 3.8) is 0 Å². The molecule has 1 fully saturated rings. The Labute approximate surface area is 157 Å². The summed E-state index contributed by atoms with van der Waals surface area (Å²) in [4.78, 5) is 26.5. The van der Waals surface area contributed by atoms with Gasteiger partial charge in [0.05, 0.1) is 0 Å². The highest BCUT2D eigenvalue weighted by molar-refractivity contribution is 5.96. The highest BCUT2D eigenvalue weighted by Gasteiger charge is 2.26. The van der Waals surface area contributed by atoms with E-state index < -0.39 is 0 Å². The number of carbonyl (C=O) groups is 2. The van der Waals surface area contributed by atoms with Crippen molar-refractivity contribution in [2.45, 2.75) is 33.6 Å². The maximum atomic E-state index is 12.6. The molecule has 140 valence electrons. The monoisotopic (exact) mass is 367 g/mol. The Hall–Kier alpha value is -1.59. The van der Waals surface area contributed by atoms with Gasteiger partial charge in [-0.2, -0.15) is 0 Å². The van der Waals surface area contributed by atoms with E-state index in [1.54, 1.807) is 0 Å². The van der Waals surface area contributed by atoms with Gasteiger partial charge >= 0.3 is 0 Å². The van der Waals surface area contributed by atoms with Gasteiger partial charge in [0.15, 0.2) is 0 Å². The van der Waals surface area contributed by atoms with Gasteiger partial charge in [0.1, 0.15) is 0 Å². The van der Waals surface area contributed by atoms with Crippen LogP contribution in [0.1, 0.15) is 42.6 Å². The maximum Gasteiger partial charge on any atom is 0.253 e. The average Bonchev–Trinajstić information content (AvgIpc) is 2.97. The third-order valence-corrected chi connectivity index (χ3v) is 4.41. The summed E-state index contributed by atoms with van der Waals surface area (Å²) >= 11 is 0. The summed E-state index contributed by atoms with van der Waals surface area (Å²) in [6.07, 6.45) is 1.55. The molecule has 1 aliphatic heterocycles. The van der Waals surface area contributed by atoms with Crippen LogP contribution in [0.15, 0.2) is 18.2 Å². The predicted octanol–water partition coefficient (Wildman–Crippen LogP) is 3.08. The van der Waals surface area contributed by atoms with Crippen molar-refractivity contribution in [3.8, 4) is 0 Å². The van der Waals surface area contributed by atoms with Crippen LogP contribution in [0.3, 0.4) is 0 Å². The summed E-state index contributed by atoms with van der Waals surface area (Å²) < 4.78 is 0. The number of carbonyl (C=O) groups excluding carboxylic acids is 2. The molecule has 2 rings (SSSR count). The lowest BCUT2D eigenvalue weighted by molar-refractivity contribution is -0.116. The average molecular weight is 368 g/mol. The molecule has 1 aliphatic rings. The van der Waals surface area contributed by atoms with Gasteiger partial charge in [-0.3, -0.25) is 9.59 Å². The van der Waals surface area contributed by atoms with Crippen LogP contribution >= 0.6 is 12.4 Å². The first-order chi connectivity index (χ1) is 11.4. The number of hydrogen-bond acceptors (Lipinski definition) is 3. The summed E-state index contributed by atoms with van der Waals surface area (Å²) in [7, 11) is 1.94. The highest BCUT2D eigenvalue weighted by atomic mass is 35.5. The van der Waals surface area contributed by atoms with Gasteiger partial charge in [0.2, 0.25) is 5.91 Å². The fourth-order valence-corrected chi connectivity index (χ4v) is 3.16. The molecular formula is C19H30ClN3O2. The van der Waals surface area contributed by atoms with Crippen LogP contribution < -0.4 is 10.6 Å². The SMILES string of the molecule is CNCC1CCN(C(=O)c2ccc(NC(=O)CC(C)C)c(C)c2)C1.Cl. The van der Waals surface area contributed by atoms with Gasteiger partial charge in [0.25, 0.3) is 5.91 Å². The summed E-state index contributed by atoms with van der Waals surface area (Å²) in [5.41, 5.74) is 2.40. The number of anilines is 1. The van der Waals surface area contributed by atoms with Crippen LogP contribution in [0.5, 0.6) is 0 Å². The second kappa shape index (κ2) is 9.78. The lowest BCUT2D eigenvalue weighted by atomic mass is 10.1. The van der Waals surface area contributed by atoms with Gasteiger partial charge in [-0.05, 0) is 62.5 Å². The molecule has 0 aromatic heterocycles. The third-order valence-electron chi connectivity index (χ3n) is 4.41. The van der Waals surface area contributed by atoms with E-state index in [1.165, 1.54) is 0 Å². The van der Waals surface area contributed by atoms with Gasteiger partial charge in [-0.25, -0.2) is 0 Å². The first-order valence-corrected chi connectivity index (χ1v) is 8.75. The van der Waals surface area contributed by atoms with E-state index in [4.69, 9.17) is 0 Å². The summed E-state index contributed by atoms with van der Waals surface area (Å²) in [6.45, 7) is 8.54. The van der Waals surface area contributed by atoms with Crippen LogP contribution in [-0.4, -0.2) is 43.4 Å². The van der Waals surface area contributed by atoms with Crippen molar-refractivity contribution in [2.24, 2.45) is 11.8 Å².